The summed E-state index contributed by atoms with van der Waals surface area (Å²) in [4.78, 5) is 25.8. The summed E-state index contributed by atoms with van der Waals surface area (Å²) in [6.07, 6.45) is 1.64. The summed E-state index contributed by atoms with van der Waals surface area (Å²) >= 11 is 0. The molecule has 1 unspecified atom stereocenters. The Labute approximate surface area is 116 Å². The largest absolute Gasteiger partial charge is 0.318 e. The molecule has 1 atom stereocenters. The third-order valence-electron chi connectivity index (χ3n) is 3.28. The number of aromatic amines is 1. The third-order valence-corrected chi connectivity index (χ3v) is 3.28. The van der Waals surface area contributed by atoms with E-state index in [1.807, 2.05) is 6.92 Å². The summed E-state index contributed by atoms with van der Waals surface area (Å²) in [6.45, 7) is 6.22. The van der Waals surface area contributed by atoms with Crippen molar-refractivity contribution in [1.29, 1.82) is 0 Å². The highest BCUT2D eigenvalue weighted by molar-refractivity contribution is 6.02. The molecule has 2 heterocycles. The monoisotopic (exact) mass is 274 g/mol. The fourth-order valence-electron chi connectivity index (χ4n) is 1.78. The number of H-pyrrole nitrogens is 1. The summed E-state index contributed by atoms with van der Waals surface area (Å²) < 4.78 is 1.77. The Morgan fingerprint density at radius 2 is 2.05 bits per heavy atom. The standard InChI is InChI=1S/C14H18N4O2/c1-9(2)10(3)18-12(7-8-15-18)17-14(20)11-5-4-6-13(19)16-11/h4-10H,1-3H3,(H,16,19)(H,17,20). The van der Waals surface area contributed by atoms with Crippen LogP contribution >= 0.6 is 0 Å². The van der Waals surface area contributed by atoms with Gasteiger partial charge in [-0.25, -0.2) is 4.68 Å². The first kappa shape index (κ1) is 14.0. The van der Waals surface area contributed by atoms with Crippen molar-refractivity contribution in [3.8, 4) is 0 Å². The van der Waals surface area contributed by atoms with Crippen molar-refractivity contribution in [3.63, 3.8) is 0 Å². The van der Waals surface area contributed by atoms with E-state index in [0.29, 0.717) is 11.7 Å². The van der Waals surface area contributed by atoms with Gasteiger partial charge < -0.3 is 10.3 Å². The Bertz CT molecular complexity index is 657. The number of nitrogens with zero attached hydrogens (tertiary/aromatic N) is 2. The summed E-state index contributed by atoms with van der Waals surface area (Å²) in [6, 6.07) is 6.36. The summed E-state index contributed by atoms with van der Waals surface area (Å²) in [5.74, 6) is 0.642. The van der Waals surface area contributed by atoms with Crippen LogP contribution in [-0.4, -0.2) is 20.7 Å². The van der Waals surface area contributed by atoms with Crippen LogP contribution in [0.1, 0.15) is 37.3 Å². The van der Waals surface area contributed by atoms with Crippen LogP contribution in [0.5, 0.6) is 0 Å². The molecule has 2 aromatic heterocycles. The van der Waals surface area contributed by atoms with Crippen molar-refractivity contribution in [3.05, 3.63) is 46.5 Å². The molecule has 0 aromatic carbocycles. The van der Waals surface area contributed by atoms with Crippen LogP contribution in [0.15, 0.2) is 35.3 Å². The molecule has 0 fully saturated rings. The van der Waals surface area contributed by atoms with Gasteiger partial charge in [-0.2, -0.15) is 5.10 Å². The number of rotatable bonds is 4. The molecule has 0 radical (unpaired) electrons. The quantitative estimate of drug-likeness (QED) is 0.895. The van der Waals surface area contributed by atoms with E-state index in [2.05, 4.69) is 29.2 Å². The Kier molecular flexibility index (Phi) is 4.02. The SMILES string of the molecule is CC(C)C(C)n1nccc1NC(=O)c1cccc(=O)[nH]1. The Morgan fingerprint density at radius 1 is 1.30 bits per heavy atom. The number of carbonyl (C=O) groups excluding carboxylic acids is 1. The van der Waals surface area contributed by atoms with Crippen LogP contribution in [-0.2, 0) is 0 Å². The van der Waals surface area contributed by atoms with Crippen LogP contribution < -0.4 is 10.9 Å². The van der Waals surface area contributed by atoms with Crippen LogP contribution in [0.3, 0.4) is 0 Å². The summed E-state index contributed by atoms with van der Waals surface area (Å²) in [7, 11) is 0. The van der Waals surface area contributed by atoms with Gasteiger partial charge in [0.15, 0.2) is 0 Å². The van der Waals surface area contributed by atoms with Gasteiger partial charge in [0.1, 0.15) is 11.5 Å². The van der Waals surface area contributed by atoms with Gasteiger partial charge in [-0.15, -0.1) is 0 Å². The zero-order valence-electron chi connectivity index (χ0n) is 11.8. The topological polar surface area (TPSA) is 79.8 Å². The predicted octanol–water partition coefficient (Wildman–Crippen LogP) is 2.04. The van der Waals surface area contributed by atoms with Crippen LogP contribution in [0.2, 0.25) is 0 Å². The highest BCUT2D eigenvalue weighted by Gasteiger charge is 2.16. The first-order valence-corrected chi connectivity index (χ1v) is 6.53. The summed E-state index contributed by atoms with van der Waals surface area (Å²) in [5.41, 5.74) is -0.0795. The van der Waals surface area contributed by atoms with Crippen LogP contribution in [0, 0.1) is 5.92 Å². The highest BCUT2D eigenvalue weighted by Crippen LogP contribution is 2.21. The second kappa shape index (κ2) is 5.73. The Morgan fingerprint density at radius 3 is 2.70 bits per heavy atom. The minimum Gasteiger partial charge on any atom is -0.318 e. The smallest absolute Gasteiger partial charge is 0.273 e. The molecule has 20 heavy (non-hydrogen) atoms. The predicted molar refractivity (Wildman–Crippen MR) is 76.8 cm³/mol. The molecule has 0 spiro atoms. The van der Waals surface area contributed by atoms with Gasteiger partial charge in [0.05, 0.1) is 12.2 Å². The first-order valence-electron chi connectivity index (χ1n) is 6.53. The van der Waals surface area contributed by atoms with Crippen molar-refractivity contribution in [1.82, 2.24) is 14.8 Å². The van der Waals surface area contributed by atoms with E-state index in [9.17, 15) is 9.59 Å². The Balaban J connectivity index is 2.21. The number of amides is 1. The maximum atomic E-state index is 12.1. The molecule has 2 N–H and O–H groups in total. The zero-order chi connectivity index (χ0) is 14.7. The van der Waals surface area contributed by atoms with Gasteiger partial charge in [-0.3, -0.25) is 9.59 Å². The minimum absolute atomic E-state index is 0.162. The second-order valence-corrected chi connectivity index (χ2v) is 5.03. The molecule has 2 rings (SSSR count). The number of nitrogens with one attached hydrogen (secondary N) is 2. The van der Waals surface area contributed by atoms with E-state index in [4.69, 9.17) is 0 Å². The fourth-order valence-corrected chi connectivity index (χ4v) is 1.78. The third kappa shape index (κ3) is 2.96. The minimum atomic E-state index is -0.361. The molecule has 0 aliphatic heterocycles. The van der Waals surface area contributed by atoms with Gasteiger partial charge >= 0.3 is 0 Å². The van der Waals surface area contributed by atoms with E-state index in [0.717, 1.165) is 0 Å². The molecule has 2 aromatic rings. The molecule has 6 nitrogen and oxygen atoms in total. The Hall–Kier alpha value is -2.37. The van der Waals surface area contributed by atoms with Crippen LogP contribution in [0.25, 0.3) is 0 Å². The van der Waals surface area contributed by atoms with Crippen LogP contribution in [0.4, 0.5) is 5.82 Å². The van der Waals surface area contributed by atoms with Gasteiger partial charge in [0.2, 0.25) is 5.56 Å². The molecule has 0 bridgehead atoms. The molecule has 0 saturated carbocycles. The van der Waals surface area contributed by atoms with Gasteiger partial charge in [-0.1, -0.05) is 19.9 Å². The molecule has 0 aliphatic carbocycles. The molecular weight excluding hydrogens is 256 g/mol. The first-order chi connectivity index (χ1) is 9.49. The van der Waals surface area contributed by atoms with E-state index >= 15 is 0 Å². The van der Waals surface area contributed by atoms with Gasteiger partial charge in [-0.05, 0) is 18.9 Å². The molecule has 0 saturated heterocycles. The molecule has 6 heteroatoms. The summed E-state index contributed by atoms with van der Waals surface area (Å²) in [5, 5.41) is 6.99. The van der Waals surface area contributed by atoms with Gasteiger partial charge in [0, 0.05) is 12.1 Å². The molecule has 1 amide bonds. The molecule has 106 valence electrons. The zero-order valence-corrected chi connectivity index (χ0v) is 11.8. The van der Waals surface area contributed by atoms with E-state index < -0.39 is 0 Å². The van der Waals surface area contributed by atoms with Crippen molar-refractivity contribution in [2.45, 2.75) is 26.8 Å². The maximum Gasteiger partial charge on any atom is 0.273 e. The maximum absolute atomic E-state index is 12.1. The van der Waals surface area contributed by atoms with Gasteiger partial charge in [0.25, 0.3) is 5.91 Å². The second-order valence-electron chi connectivity index (χ2n) is 5.03. The van der Waals surface area contributed by atoms with E-state index in [1.54, 1.807) is 29.1 Å². The average molecular weight is 274 g/mol. The van der Waals surface area contributed by atoms with E-state index in [-0.39, 0.29) is 23.2 Å². The molecule has 0 aliphatic rings. The fraction of sp³-hybridized carbons (Fsp3) is 0.357. The highest BCUT2D eigenvalue weighted by atomic mass is 16.2. The number of aromatic nitrogens is 3. The number of carbonyl (C=O) groups is 1. The number of pyridine rings is 1. The van der Waals surface area contributed by atoms with E-state index in [1.165, 1.54) is 6.07 Å². The lowest BCUT2D eigenvalue weighted by atomic mass is 10.1. The number of anilines is 1. The lowest BCUT2D eigenvalue weighted by Gasteiger charge is -2.19. The molecular formula is C14H18N4O2. The van der Waals surface area contributed by atoms with Crippen molar-refractivity contribution in [2.75, 3.05) is 5.32 Å². The number of hydrogen-bond acceptors (Lipinski definition) is 3. The number of hydrogen-bond donors (Lipinski definition) is 2. The lowest BCUT2D eigenvalue weighted by molar-refractivity contribution is 0.102. The normalized spacial score (nSPS) is 12.4. The van der Waals surface area contributed by atoms with Crippen molar-refractivity contribution < 1.29 is 4.79 Å². The van der Waals surface area contributed by atoms with Crippen molar-refractivity contribution >= 4 is 11.7 Å². The average Bonchev–Trinajstić information content (AvgIpc) is 2.85. The lowest BCUT2D eigenvalue weighted by Crippen LogP contribution is -2.22. The van der Waals surface area contributed by atoms with Crippen molar-refractivity contribution in [2.24, 2.45) is 5.92 Å².